The summed E-state index contributed by atoms with van der Waals surface area (Å²) in [4.78, 5) is 10.2. The first-order valence-corrected chi connectivity index (χ1v) is 9.50. The van der Waals surface area contributed by atoms with Gasteiger partial charge in [-0.3, -0.25) is 10.1 Å². The highest BCUT2D eigenvalue weighted by Gasteiger charge is 2.24. The lowest BCUT2D eigenvalue weighted by atomic mass is 10.1. The molecule has 0 radical (unpaired) electrons. The van der Waals surface area contributed by atoms with Gasteiger partial charge in [-0.2, -0.15) is 17.9 Å². The summed E-state index contributed by atoms with van der Waals surface area (Å²) in [6.07, 6.45) is 1.46. The van der Waals surface area contributed by atoms with Crippen LogP contribution in [0.15, 0.2) is 70.7 Å². The van der Waals surface area contributed by atoms with Crippen LogP contribution in [0.5, 0.6) is 0 Å². The maximum absolute atomic E-state index is 12.8. The molecular weight excluding hydrogens is 366 g/mol. The molecule has 3 rings (SSSR count). The second-order valence-corrected chi connectivity index (χ2v) is 7.88. The van der Waals surface area contributed by atoms with Crippen molar-refractivity contribution in [2.45, 2.75) is 11.8 Å². The van der Waals surface area contributed by atoms with Gasteiger partial charge < -0.3 is 0 Å². The smallest absolute Gasteiger partial charge is 0.258 e. The summed E-state index contributed by atoms with van der Waals surface area (Å²) in [6, 6.07) is 17.1. The Bertz CT molecular complexity index is 1150. The Balaban J connectivity index is 1.97. The highest BCUT2D eigenvalue weighted by atomic mass is 32.2. The number of aryl methyl sites for hydroxylation is 1. The van der Waals surface area contributed by atoms with Crippen LogP contribution < -0.4 is 0 Å². The molecule has 0 N–H and O–H groups in total. The van der Waals surface area contributed by atoms with Crippen LogP contribution in [0.3, 0.4) is 0 Å². The zero-order valence-corrected chi connectivity index (χ0v) is 15.6. The van der Waals surface area contributed by atoms with Crippen molar-refractivity contribution >= 4 is 32.7 Å². The summed E-state index contributed by atoms with van der Waals surface area (Å²) >= 11 is 0. The molecule has 27 heavy (non-hydrogen) atoms. The SMILES string of the molecule is Cc1ccc([N+](=O)[O-])cc1S(=O)(=O)N(C)/N=C/c1cccc2ccccc12. The van der Waals surface area contributed by atoms with E-state index in [9.17, 15) is 18.5 Å². The van der Waals surface area contributed by atoms with Crippen LogP contribution >= 0.6 is 0 Å². The van der Waals surface area contributed by atoms with Crippen molar-refractivity contribution in [3.05, 3.63) is 81.9 Å². The number of nitrogens with zero attached hydrogens (tertiary/aromatic N) is 3. The first kappa shape index (κ1) is 18.5. The summed E-state index contributed by atoms with van der Waals surface area (Å²) < 4.78 is 26.4. The van der Waals surface area contributed by atoms with Crippen molar-refractivity contribution in [2.75, 3.05) is 7.05 Å². The predicted octanol–water partition coefficient (Wildman–Crippen LogP) is 3.71. The molecule has 0 aliphatic carbocycles. The highest BCUT2D eigenvalue weighted by Crippen LogP contribution is 2.24. The molecule has 8 heteroatoms. The number of sulfonamides is 1. The van der Waals surface area contributed by atoms with Crippen LogP contribution in [0.2, 0.25) is 0 Å². The molecule has 0 amide bonds. The monoisotopic (exact) mass is 383 g/mol. The van der Waals surface area contributed by atoms with E-state index in [0.717, 1.165) is 26.8 Å². The number of rotatable bonds is 5. The van der Waals surface area contributed by atoms with Crippen LogP contribution in [-0.2, 0) is 10.0 Å². The zero-order chi connectivity index (χ0) is 19.6. The zero-order valence-electron chi connectivity index (χ0n) is 14.7. The fraction of sp³-hybridized carbons (Fsp3) is 0.105. The molecule has 0 aliphatic rings. The lowest BCUT2D eigenvalue weighted by Gasteiger charge is -2.15. The van der Waals surface area contributed by atoms with Gasteiger partial charge in [0.2, 0.25) is 0 Å². The minimum atomic E-state index is -4.02. The molecular formula is C19H17N3O4S. The maximum Gasteiger partial charge on any atom is 0.279 e. The molecule has 0 unspecified atom stereocenters. The van der Waals surface area contributed by atoms with Gasteiger partial charge in [-0.25, -0.2) is 0 Å². The van der Waals surface area contributed by atoms with Gasteiger partial charge in [0.15, 0.2) is 0 Å². The summed E-state index contributed by atoms with van der Waals surface area (Å²) in [7, 11) is -2.72. The number of benzene rings is 3. The molecule has 0 saturated heterocycles. The molecule has 0 atom stereocenters. The topological polar surface area (TPSA) is 92.9 Å². The molecule has 0 fully saturated rings. The van der Waals surface area contributed by atoms with Gasteiger partial charge >= 0.3 is 0 Å². The van der Waals surface area contributed by atoms with Crippen LogP contribution in [0, 0.1) is 17.0 Å². The minimum Gasteiger partial charge on any atom is -0.258 e. The second-order valence-electron chi connectivity index (χ2n) is 5.96. The summed E-state index contributed by atoms with van der Waals surface area (Å²) in [5.74, 6) is 0. The van der Waals surface area contributed by atoms with E-state index in [4.69, 9.17) is 0 Å². The molecule has 0 aliphatic heterocycles. The third-order valence-electron chi connectivity index (χ3n) is 4.19. The maximum atomic E-state index is 12.8. The number of non-ortho nitro benzene ring substituents is 1. The molecule has 3 aromatic carbocycles. The molecule has 138 valence electrons. The highest BCUT2D eigenvalue weighted by molar-refractivity contribution is 7.89. The number of hydrogen-bond donors (Lipinski definition) is 0. The Morgan fingerprint density at radius 3 is 2.52 bits per heavy atom. The van der Waals surface area contributed by atoms with Gasteiger partial charge in [0.1, 0.15) is 0 Å². The van der Waals surface area contributed by atoms with E-state index < -0.39 is 14.9 Å². The Morgan fingerprint density at radius 2 is 1.78 bits per heavy atom. The molecule has 0 aromatic heterocycles. The normalized spacial score (nSPS) is 11.8. The Hall–Kier alpha value is -3.26. The Morgan fingerprint density at radius 1 is 1.07 bits per heavy atom. The van der Waals surface area contributed by atoms with E-state index in [1.807, 2.05) is 42.5 Å². The summed E-state index contributed by atoms with van der Waals surface area (Å²) in [5, 5.41) is 17.0. The van der Waals surface area contributed by atoms with E-state index in [2.05, 4.69) is 5.10 Å². The third kappa shape index (κ3) is 3.65. The Kier molecular flexibility index (Phi) is 4.91. The van der Waals surface area contributed by atoms with Gasteiger partial charge in [-0.05, 0) is 23.3 Å². The van der Waals surface area contributed by atoms with Crippen LogP contribution in [0.25, 0.3) is 10.8 Å². The van der Waals surface area contributed by atoms with Crippen LogP contribution in [-0.4, -0.2) is 31.0 Å². The lowest BCUT2D eigenvalue weighted by Crippen LogP contribution is -2.23. The summed E-state index contributed by atoms with van der Waals surface area (Å²) in [6.45, 7) is 1.58. The van der Waals surface area contributed by atoms with E-state index in [1.165, 1.54) is 25.4 Å². The van der Waals surface area contributed by atoms with Crippen molar-refractivity contribution in [3.63, 3.8) is 0 Å². The van der Waals surface area contributed by atoms with Crippen LogP contribution in [0.1, 0.15) is 11.1 Å². The van der Waals surface area contributed by atoms with Crippen molar-refractivity contribution in [1.82, 2.24) is 4.41 Å². The van der Waals surface area contributed by atoms with Gasteiger partial charge in [-0.15, -0.1) is 0 Å². The molecule has 0 spiro atoms. The third-order valence-corrected chi connectivity index (χ3v) is 5.98. The molecule has 3 aromatic rings. The van der Waals surface area contributed by atoms with Crippen molar-refractivity contribution < 1.29 is 13.3 Å². The fourth-order valence-electron chi connectivity index (χ4n) is 2.69. The predicted molar refractivity (Wildman–Crippen MR) is 104 cm³/mol. The number of nitro benzene ring substituents is 1. The quantitative estimate of drug-likeness (QED) is 0.381. The van der Waals surface area contributed by atoms with E-state index in [1.54, 1.807) is 6.92 Å². The van der Waals surface area contributed by atoms with Crippen molar-refractivity contribution in [3.8, 4) is 0 Å². The fourth-order valence-corrected chi connectivity index (χ4v) is 3.89. The molecule has 7 nitrogen and oxygen atoms in total. The number of hydrazone groups is 1. The van der Waals surface area contributed by atoms with Gasteiger partial charge in [0.05, 0.1) is 16.0 Å². The number of fused-ring (bicyclic) bond motifs is 1. The van der Waals surface area contributed by atoms with Gasteiger partial charge in [0.25, 0.3) is 15.7 Å². The average molecular weight is 383 g/mol. The lowest BCUT2D eigenvalue weighted by molar-refractivity contribution is -0.385. The van der Waals surface area contributed by atoms with Gasteiger partial charge in [-0.1, -0.05) is 48.5 Å². The molecule has 0 bridgehead atoms. The van der Waals surface area contributed by atoms with E-state index in [-0.39, 0.29) is 10.6 Å². The number of nitro groups is 1. The first-order chi connectivity index (χ1) is 12.8. The van der Waals surface area contributed by atoms with Crippen molar-refractivity contribution in [1.29, 1.82) is 0 Å². The van der Waals surface area contributed by atoms with Gasteiger partial charge in [0, 0.05) is 24.7 Å². The Labute approximate surface area is 156 Å². The largest absolute Gasteiger partial charge is 0.279 e. The van der Waals surface area contributed by atoms with Crippen molar-refractivity contribution in [2.24, 2.45) is 5.10 Å². The standard InChI is InChI=1S/C19H17N3O4S/c1-14-10-11-17(22(23)24)12-19(14)27(25,26)21(2)20-13-16-8-5-7-15-6-3-4-9-18(15)16/h3-13H,1-2H3/b20-13+. The minimum absolute atomic E-state index is 0.144. The van der Waals surface area contributed by atoms with E-state index in [0.29, 0.717) is 5.56 Å². The molecule has 0 saturated carbocycles. The first-order valence-electron chi connectivity index (χ1n) is 8.06. The van der Waals surface area contributed by atoms with Crippen LogP contribution in [0.4, 0.5) is 5.69 Å². The number of hydrogen-bond acceptors (Lipinski definition) is 5. The average Bonchev–Trinajstić information content (AvgIpc) is 2.65. The second kappa shape index (κ2) is 7.16. The van der Waals surface area contributed by atoms with E-state index >= 15 is 0 Å². The summed E-state index contributed by atoms with van der Waals surface area (Å²) in [5.41, 5.74) is 0.893. The molecule has 0 heterocycles.